The number of hydrogen-bond donors (Lipinski definition) is 2. The number of morpholine rings is 1. The van der Waals surface area contributed by atoms with Gasteiger partial charge in [-0.2, -0.15) is 0 Å². The molecule has 128 valence electrons. The molecule has 1 amide bonds. The minimum absolute atomic E-state index is 0. The van der Waals surface area contributed by atoms with E-state index in [0.717, 1.165) is 17.7 Å². The standard InChI is InChI=1S/C18H19ClN2O2.ClH/c19-15-8-6-14(7-9-15)17(13-4-2-1-3-5-13)21-18(22)16-12-20-10-11-23-16;/h1-9,16-17,20H,10-12H2,(H,21,22);1H. The van der Waals surface area contributed by atoms with Crippen LogP contribution in [0.3, 0.4) is 0 Å². The molecule has 1 aliphatic heterocycles. The molecule has 24 heavy (non-hydrogen) atoms. The highest BCUT2D eigenvalue weighted by molar-refractivity contribution is 6.30. The van der Waals surface area contributed by atoms with E-state index in [-0.39, 0.29) is 24.4 Å². The van der Waals surface area contributed by atoms with Gasteiger partial charge in [-0.1, -0.05) is 54.1 Å². The molecule has 2 aromatic carbocycles. The third-order valence-electron chi connectivity index (χ3n) is 3.84. The second-order valence-electron chi connectivity index (χ2n) is 5.47. The van der Waals surface area contributed by atoms with Crippen molar-refractivity contribution in [1.82, 2.24) is 10.6 Å². The zero-order valence-corrected chi connectivity index (χ0v) is 14.6. The predicted octanol–water partition coefficient (Wildman–Crippen LogP) is 2.96. The number of ether oxygens (including phenoxy) is 1. The quantitative estimate of drug-likeness (QED) is 0.874. The van der Waals surface area contributed by atoms with Crippen molar-refractivity contribution >= 4 is 29.9 Å². The maximum absolute atomic E-state index is 12.5. The van der Waals surface area contributed by atoms with Crippen LogP contribution in [0, 0.1) is 0 Å². The van der Waals surface area contributed by atoms with Crippen molar-refractivity contribution in [3.63, 3.8) is 0 Å². The average Bonchev–Trinajstić information content (AvgIpc) is 2.62. The maximum Gasteiger partial charge on any atom is 0.251 e. The Morgan fingerprint density at radius 2 is 1.79 bits per heavy atom. The lowest BCUT2D eigenvalue weighted by molar-refractivity contribution is -0.134. The zero-order valence-electron chi connectivity index (χ0n) is 13.1. The molecule has 6 heteroatoms. The normalized spacial score (nSPS) is 18.3. The molecule has 2 unspecified atom stereocenters. The van der Waals surface area contributed by atoms with Crippen LogP contribution in [-0.2, 0) is 9.53 Å². The fourth-order valence-corrected chi connectivity index (χ4v) is 2.75. The van der Waals surface area contributed by atoms with Crippen LogP contribution in [0.15, 0.2) is 54.6 Å². The van der Waals surface area contributed by atoms with Crippen LogP contribution < -0.4 is 10.6 Å². The fourth-order valence-electron chi connectivity index (χ4n) is 2.63. The van der Waals surface area contributed by atoms with Gasteiger partial charge >= 0.3 is 0 Å². The molecule has 3 rings (SSSR count). The summed E-state index contributed by atoms with van der Waals surface area (Å²) >= 11 is 5.97. The lowest BCUT2D eigenvalue weighted by Crippen LogP contribution is -2.48. The van der Waals surface area contributed by atoms with Crippen LogP contribution in [-0.4, -0.2) is 31.7 Å². The lowest BCUT2D eigenvalue weighted by atomic mass is 9.98. The molecule has 2 atom stereocenters. The Labute approximate surface area is 153 Å². The Kier molecular flexibility index (Phi) is 7.06. The highest BCUT2D eigenvalue weighted by atomic mass is 35.5. The first-order chi connectivity index (χ1) is 11.2. The number of benzene rings is 2. The molecule has 0 saturated carbocycles. The van der Waals surface area contributed by atoms with Gasteiger partial charge in [0.1, 0.15) is 6.10 Å². The van der Waals surface area contributed by atoms with Gasteiger partial charge in [-0.05, 0) is 23.3 Å². The van der Waals surface area contributed by atoms with Gasteiger partial charge in [0.2, 0.25) is 0 Å². The average molecular weight is 367 g/mol. The highest BCUT2D eigenvalue weighted by Gasteiger charge is 2.25. The van der Waals surface area contributed by atoms with E-state index in [1.807, 2.05) is 54.6 Å². The molecule has 1 saturated heterocycles. The van der Waals surface area contributed by atoms with Crippen LogP contribution in [0.4, 0.5) is 0 Å². The van der Waals surface area contributed by atoms with E-state index in [1.165, 1.54) is 0 Å². The highest BCUT2D eigenvalue weighted by Crippen LogP contribution is 2.23. The SMILES string of the molecule is Cl.O=C(NC(c1ccccc1)c1ccc(Cl)cc1)C1CNCCO1. The number of carbonyl (C=O) groups excluding carboxylic acids is 1. The van der Waals surface area contributed by atoms with Crippen LogP contribution >= 0.6 is 24.0 Å². The summed E-state index contributed by atoms with van der Waals surface area (Å²) in [7, 11) is 0. The summed E-state index contributed by atoms with van der Waals surface area (Å²) < 4.78 is 5.54. The molecule has 1 fully saturated rings. The van der Waals surface area contributed by atoms with E-state index >= 15 is 0 Å². The first-order valence-electron chi connectivity index (χ1n) is 7.67. The molecular weight excluding hydrogens is 347 g/mol. The van der Waals surface area contributed by atoms with Crippen LogP contribution in [0.2, 0.25) is 5.02 Å². The van der Waals surface area contributed by atoms with Gasteiger partial charge in [0.15, 0.2) is 0 Å². The van der Waals surface area contributed by atoms with Crippen molar-refractivity contribution < 1.29 is 9.53 Å². The summed E-state index contributed by atoms with van der Waals surface area (Å²) in [6.45, 7) is 1.87. The number of hydrogen-bond acceptors (Lipinski definition) is 3. The van der Waals surface area contributed by atoms with Gasteiger partial charge in [0, 0.05) is 18.1 Å². The molecule has 0 aliphatic carbocycles. The summed E-state index contributed by atoms with van der Waals surface area (Å²) in [5.41, 5.74) is 2.00. The van der Waals surface area contributed by atoms with Gasteiger partial charge in [0.25, 0.3) is 5.91 Å². The van der Waals surface area contributed by atoms with Gasteiger partial charge in [0.05, 0.1) is 12.6 Å². The Balaban J connectivity index is 0.00000208. The third kappa shape index (κ3) is 4.71. The fraction of sp³-hybridized carbons (Fsp3) is 0.278. The van der Waals surface area contributed by atoms with Gasteiger partial charge in [-0.3, -0.25) is 4.79 Å². The smallest absolute Gasteiger partial charge is 0.251 e. The third-order valence-corrected chi connectivity index (χ3v) is 4.09. The molecule has 4 nitrogen and oxygen atoms in total. The van der Waals surface area contributed by atoms with E-state index in [0.29, 0.717) is 18.2 Å². The van der Waals surface area contributed by atoms with E-state index in [1.54, 1.807) is 0 Å². The maximum atomic E-state index is 12.5. The topological polar surface area (TPSA) is 50.4 Å². The van der Waals surface area contributed by atoms with Gasteiger partial charge < -0.3 is 15.4 Å². The first kappa shape index (κ1) is 18.7. The summed E-state index contributed by atoms with van der Waals surface area (Å²) in [5, 5.41) is 6.94. The van der Waals surface area contributed by atoms with E-state index < -0.39 is 6.10 Å². The Hall–Kier alpha value is -1.59. The molecule has 0 radical (unpaired) electrons. The van der Waals surface area contributed by atoms with Crippen molar-refractivity contribution in [1.29, 1.82) is 0 Å². The molecular formula is C18H20Cl2N2O2. The number of amides is 1. The summed E-state index contributed by atoms with van der Waals surface area (Å²) in [6, 6.07) is 17.2. The predicted molar refractivity (Wildman–Crippen MR) is 97.7 cm³/mol. The molecule has 1 aliphatic rings. The summed E-state index contributed by atoms with van der Waals surface area (Å²) in [6.07, 6.45) is -0.456. The second kappa shape index (κ2) is 9.04. The largest absolute Gasteiger partial charge is 0.366 e. The van der Waals surface area contributed by atoms with Crippen LogP contribution in [0.1, 0.15) is 17.2 Å². The van der Waals surface area contributed by atoms with Crippen LogP contribution in [0.25, 0.3) is 0 Å². The minimum Gasteiger partial charge on any atom is -0.366 e. The van der Waals surface area contributed by atoms with E-state index in [2.05, 4.69) is 10.6 Å². The van der Waals surface area contributed by atoms with Crippen molar-refractivity contribution in [3.05, 3.63) is 70.7 Å². The van der Waals surface area contributed by atoms with E-state index in [4.69, 9.17) is 16.3 Å². The molecule has 2 N–H and O–H groups in total. The molecule has 1 heterocycles. The van der Waals surface area contributed by atoms with Gasteiger partial charge in [-0.15, -0.1) is 12.4 Å². The Bertz CT molecular complexity index is 644. The lowest BCUT2D eigenvalue weighted by Gasteiger charge is -2.26. The number of carbonyl (C=O) groups is 1. The zero-order chi connectivity index (χ0) is 16.1. The molecule has 0 spiro atoms. The molecule has 0 bridgehead atoms. The summed E-state index contributed by atoms with van der Waals surface area (Å²) in [4.78, 5) is 12.5. The number of nitrogens with one attached hydrogen (secondary N) is 2. The van der Waals surface area contributed by atoms with Crippen molar-refractivity contribution in [2.45, 2.75) is 12.1 Å². The Morgan fingerprint density at radius 1 is 1.12 bits per heavy atom. The molecule has 0 aromatic heterocycles. The second-order valence-corrected chi connectivity index (χ2v) is 5.90. The van der Waals surface area contributed by atoms with Gasteiger partial charge in [-0.25, -0.2) is 0 Å². The number of rotatable bonds is 4. The monoisotopic (exact) mass is 366 g/mol. The first-order valence-corrected chi connectivity index (χ1v) is 8.05. The van der Waals surface area contributed by atoms with Crippen LogP contribution in [0.5, 0.6) is 0 Å². The number of halogens is 2. The van der Waals surface area contributed by atoms with Crippen molar-refractivity contribution in [2.24, 2.45) is 0 Å². The van der Waals surface area contributed by atoms with Crippen molar-refractivity contribution in [3.8, 4) is 0 Å². The van der Waals surface area contributed by atoms with Crippen molar-refractivity contribution in [2.75, 3.05) is 19.7 Å². The Morgan fingerprint density at radius 3 is 2.42 bits per heavy atom. The minimum atomic E-state index is -0.456. The van der Waals surface area contributed by atoms with E-state index in [9.17, 15) is 4.79 Å². The summed E-state index contributed by atoms with van der Waals surface area (Å²) in [5.74, 6) is -0.110. The molecule has 2 aromatic rings.